The first kappa shape index (κ1) is 9.16. The van der Waals surface area contributed by atoms with Gasteiger partial charge in [-0.3, -0.25) is 4.79 Å². The van der Waals surface area contributed by atoms with Crippen molar-refractivity contribution in [2.45, 2.75) is 37.6 Å². The fourth-order valence-corrected chi connectivity index (χ4v) is 2.43. The van der Waals surface area contributed by atoms with Crippen LogP contribution < -0.4 is 10.6 Å². The SMILES string of the molecule is O=C1CNCC2(CCCCC2)NC1. The molecular formula is C10H18N2O. The van der Waals surface area contributed by atoms with E-state index in [0.717, 1.165) is 6.54 Å². The Labute approximate surface area is 79.3 Å². The second kappa shape index (κ2) is 3.76. The highest BCUT2D eigenvalue weighted by Crippen LogP contribution is 2.27. The third kappa shape index (κ3) is 2.09. The van der Waals surface area contributed by atoms with Gasteiger partial charge in [-0.05, 0) is 12.8 Å². The van der Waals surface area contributed by atoms with Crippen LogP contribution in [0.15, 0.2) is 0 Å². The van der Waals surface area contributed by atoms with Gasteiger partial charge >= 0.3 is 0 Å². The first-order valence-electron chi connectivity index (χ1n) is 5.28. The standard InChI is InChI=1S/C10H18N2O/c13-9-6-11-8-10(12-7-9)4-2-1-3-5-10/h11-12H,1-8H2. The molecule has 1 aliphatic carbocycles. The third-order valence-corrected chi connectivity index (χ3v) is 3.26. The summed E-state index contributed by atoms with van der Waals surface area (Å²) in [6, 6.07) is 0. The molecule has 0 bridgehead atoms. The van der Waals surface area contributed by atoms with Crippen LogP contribution in [0.5, 0.6) is 0 Å². The molecule has 0 aromatic heterocycles. The summed E-state index contributed by atoms with van der Waals surface area (Å²) in [6.45, 7) is 2.08. The number of carbonyl (C=O) groups is 1. The van der Waals surface area contributed by atoms with Crippen molar-refractivity contribution in [3.8, 4) is 0 Å². The minimum atomic E-state index is 0.240. The van der Waals surface area contributed by atoms with Crippen LogP contribution in [0, 0.1) is 0 Å². The summed E-state index contributed by atoms with van der Waals surface area (Å²) >= 11 is 0. The van der Waals surface area contributed by atoms with Gasteiger partial charge in [0, 0.05) is 12.1 Å². The second-order valence-electron chi connectivity index (χ2n) is 4.34. The number of rotatable bonds is 0. The molecular weight excluding hydrogens is 164 g/mol. The number of hydrogen-bond acceptors (Lipinski definition) is 3. The van der Waals surface area contributed by atoms with E-state index in [1.165, 1.54) is 32.1 Å². The van der Waals surface area contributed by atoms with E-state index < -0.39 is 0 Å². The van der Waals surface area contributed by atoms with Crippen molar-refractivity contribution in [2.75, 3.05) is 19.6 Å². The number of ketones is 1. The zero-order valence-electron chi connectivity index (χ0n) is 8.07. The van der Waals surface area contributed by atoms with Crippen molar-refractivity contribution in [1.82, 2.24) is 10.6 Å². The molecule has 0 aromatic carbocycles. The van der Waals surface area contributed by atoms with Crippen LogP contribution >= 0.6 is 0 Å². The van der Waals surface area contributed by atoms with Crippen molar-refractivity contribution in [3.05, 3.63) is 0 Å². The molecule has 3 heteroatoms. The van der Waals surface area contributed by atoms with Crippen LogP contribution in [-0.2, 0) is 4.79 Å². The Kier molecular flexibility index (Phi) is 2.65. The molecule has 2 fully saturated rings. The predicted octanol–water partition coefficient (Wildman–Crippen LogP) is 0.451. The predicted molar refractivity (Wildman–Crippen MR) is 51.7 cm³/mol. The highest BCUT2D eigenvalue weighted by atomic mass is 16.1. The molecule has 13 heavy (non-hydrogen) atoms. The summed E-state index contributed by atoms with van der Waals surface area (Å²) in [6.07, 6.45) is 6.43. The smallest absolute Gasteiger partial charge is 0.160 e. The number of carbonyl (C=O) groups excluding carboxylic acids is 1. The van der Waals surface area contributed by atoms with Crippen LogP contribution in [0.1, 0.15) is 32.1 Å². The number of nitrogens with one attached hydrogen (secondary N) is 2. The van der Waals surface area contributed by atoms with Gasteiger partial charge in [0.2, 0.25) is 0 Å². The molecule has 0 radical (unpaired) electrons. The largest absolute Gasteiger partial charge is 0.308 e. The topological polar surface area (TPSA) is 41.1 Å². The van der Waals surface area contributed by atoms with Crippen molar-refractivity contribution >= 4 is 5.78 Å². The van der Waals surface area contributed by atoms with E-state index in [0.29, 0.717) is 18.9 Å². The van der Waals surface area contributed by atoms with E-state index >= 15 is 0 Å². The molecule has 2 aliphatic rings. The molecule has 1 spiro atoms. The lowest BCUT2D eigenvalue weighted by Crippen LogP contribution is -2.51. The van der Waals surface area contributed by atoms with Crippen LogP contribution in [0.25, 0.3) is 0 Å². The van der Waals surface area contributed by atoms with Crippen molar-refractivity contribution in [3.63, 3.8) is 0 Å². The third-order valence-electron chi connectivity index (χ3n) is 3.26. The van der Waals surface area contributed by atoms with E-state index in [1.807, 2.05) is 0 Å². The molecule has 3 nitrogen and oxygen atoms in total. The zero-order valence-corrected chi connectivity index (χ0v) is 8.07. The lowest BCUT2D eigenvalue weighted by atomic mass is 9.82. The lowest BCUT2D eigenvalue weighted by Gasteiger charge is -2.36. The number of Topliss-reactive ketones (excluding diaryl/α,β-unsaturated/α-hetero) is 1. The Balaban J connectivity index is 1.99. The van der Waals surface area contributed by atoms with Gasteiger partial charge in [0.05, 0.1) is 13.1 Å². The Bertz CT molecular complexity index is 197. The summed E-state index contributed by atoms with van der Waals surface area (Å²) in [4.78, 5) is 11.2. The van der Waals surface area contributed by atoms with Crippen LogP contribution in [0.3, 0.4) is 0 Å². The first-order valence-corrected chi connectivity index (χ1v) is 5.28. The van der Waals surface area contributed by atoms with Crippen molar-refractivity contribution < 1.29 is 4.79 Å². The maximum absolute atomic E-state index is 11.2. The van der Waals surface area contributed by atoms with Crippen molar-refractivity contribution in [2.24, 2.45) is 0 Å². The molecule has 1 heterocycles. The van der Waals surface area contributed by atoms with Crippen LogP contribution in [0.2, 0.25) is 0 Å². The van der Waals surface area contributed by atoms with E-state index in [4.69, 9.17) is 0 Å². The quantitative estimate of drug-likeness (QED) is 0.571. The fraction of sp³-hybridized carbons (Fsp3) is 0.900. The van der Waals surface area contributed by atoms with E-state index in [2.05, 4.69) is 10.6 Å². The van der Waals surface area contributed by atoms with Gasteiger partial charge in [-0.2, -0.15) is 0 Å². The minimum absolute atomic E-state index is 0.240. The Hall–Kier alpha value is -0.410. The highest BCUT2D eigenvalue weighted by molar-refractivity contribution is 5.82. The summed E-state index contributed by atoms with van der Waals surface area (Å²) in [7, 11) is 0. The van der Waals surface area contributed by atoms with Gasteiger partial charge in [-0.15, -0.1) is 0 Å². The van der Waals surface area contributed by atoms with Gasteiger partial charge in [0.1, 0.15) is 0 Å². The lowest BCUT2D eigenvalue weighted by molar-refractivity contribution is -0.117. The maximum Gasteiger partial charge on any atom is 0.160 e. The zero-order chi connectivity index (χ0) is 9.15. The molecule has 0 amide bonds. The van der Waals surface area contributed by atoms with Crippen LogP contribution in [-0.4, -0.2) is 31.0 Å². The molecule has 1 saturated heterocycles. The van der Waals surface area contributed by atoms with E-state index in [9.17, 15) is 4.79 Å². The van der Waals surface area contributed by atoms with E-state index in [-0.39, 0.29) is 5.54 Å². The normalized spacial score (nSPS) is 28.8. The van der Waals surface area contributed by atoms with Gasteiger partial charge in [-0.1, -0.05) is 19.3 Å². The van der Waals surface area contributed by atoms with E-state index in [1.54, 1.807) is 0 Å². The van der Waals surface area contributed by atoms with Gasteiger partial charge in [0.25, 0.3) is 0 Å². The molecule has 1 saturated carbocycles. The second-order valence-corrected chi connectivity index (χ2v) is 4.34. The van der Waals surface area contributed by atoms with Gasteiger partial charge in [0.15, 0.2) is 5.78 Å². The molecule has 2 rings (SSSR count). The molecule has 0 aromatic rings. The Morgan fingerprint density at radius 1 is 1.08 bits per heavy atom. The molecule has 1 aliphatic heterocycles. The molecule has 0 unspecified atom stereocenters. The molecule has 0 atom stereocenters. The average Bonchev–Trinajstić information content (AvgIpc) is 2.32. The summed E-state index contributed by atoms with van der Waals surface area (Å²) in [5, 5.41) is 6.68. The summed E-state index contributed by atoms with van der Waals surface area (Å²) in [5.41, 5.74) is 0.240. The Morgan fingerprint density at radius 2 is 1.85 bits per heavy atom. The monoisotopic (exact) mass is 182 g/mol. The first-order chi connectivity index (χ1) is 6.31. The molecule has 74 valence electrons. The fourth-order valence-electron chi connectivity index (χ4n) is 2.43. The van der Waals surface area contributed by atoms with Crippen molar-refractivity contribution in [1.29, 1.82) is 0 Å². The summed E-state index contributed by atoms with van der Waals surface area (Å²) in [5.74, 6) is 0.294. The Morgan fingerprint density at radius 3 is 2.62 bits per heavy atom. The molecule has 2 N–H and O–H groups in total. The van der Waals surface area contributed by atoms with Crippen LogP contribution in [0.4, 0.5) is 0 Å². The number of hydrogen-bond donors (Lipinski definition) is 2. The summed E-state index contributed by atoms with van der Waals surface area (Å²) < 4.78 is 0. The highest BCUT2D eigenvalue weighted by Gasteiger charge is 2.33. The maximum atomic E-state index is 11.2. The van der Waals surface area contributed by atoms with Gasteiger partial charge in [-0.25, -0.2) is 0 Å². The average molecular weight is 182 g/mol. The van der Waals surface area contributed by atoms with Gasteiger partial charge < -0.3 is 10.6 Å². The minimum Gasteiger partial charge on any atom is -0.308 e.